The van der Waals surface area contributed by atoms with E-state index < -0.39 is 12.1 Å². The number of thiazole rings is 1. The van der Waals surface area contributed by atoms with Gasteiger partial charge in [0.2, 0.25) is 0 Å². The molecule has 1 aromatic heterocycles. The molecule has 29 heavy (non-hydrogen) atoms. The smallest absolute Gasteiger partial charge is 0.358 e. The molecule has 0 N–H and O–H groups in total. The van der Waals surface area contributed by atoms with Crippen LogP contribution in [0.2, 0.25) is 0 Å². The van der Waals surface area contributed by atoms with Crippen molar-refractivity contribution in [1.82, 2.24) is 9.88 Å². The van der Waals surface area contributed by atoms with Gasteiger partial charge in [-0.1, -0.05) is 37.0 Å². The Kier molecular flexibility index (Phi) is 7.25. The van der Waals surface area contributed by atoms with Gasteiger partial charge in [0.1, 0.15) is 17.4 Å². The first-order valence-corrected chi connectivity index (χ1v) is 10.9. The van der Waals surface area contributed by atoms with E-state index in [9.17, 15) is 9.59 Å². The van der Waals surface area contributed by atoms with Gasteiger partial charge >= 0.3 is 5.97 Å². The van der Waals surface area contributed by atoms with E-state index >= 15 is 0 Å². The highest BCUT2D eigenvalue weighted by Gasteiger charge is 2.28. The summed E-state index contributed by atoms with van der Waals surface area (Å²) in [6, 6.07) is 7.98. The molecule has 0 radical (unpaired) electrons. The first kappa shape index (κ1) is 21.3. The van der Waals surface area contributed by atoms with Crippen molar-refractivity contribution in [2.24, 2.45) is 0 Å². The lowest BCUT2D eigenvalue weighted by molar-refractivity contribution is -0.141. The molecule has 3 rings (SSSR count). The number of hydrogen-bond donors (Lipinski definition) is 0. The number of hydrogen-bond acceptors (Lipinski definition) is 6. The lowest BCUT2D eigenvalue weighted by Gasteiger charge is -2.32. The lowest BCUT2D eigenvalue weighted by Crippen LogP contribution is -2.44. The van der Waals surface area contributed by atoms with Crippen molar-refractivity contribution in [3.05, 3.63) is 45.9 Å². The van der Waals surface area contributed by atoms with Crippen molar-refractivity contribution >= 4 is 23.2 Å². The van der Waals surface area contributed by atoms with E-state index in [2.05, 4.69) is 4.98 Å². The first-order chi connectivity index (χ1) is 13.9. The molecular weight excluding hydrogens is 388 g/mol. The molecule has 7 heteroatoms. The van der Waals surface area contributed by atoms with Gasteiger partial charge in [-0.05, 0) is 38.8 Å². The van der Waals surface area contributed by atoms with E-state index in [0.29, 0.717) is 5.01 Å². The number of ether oxygens (including phenoxy) is 2. The molecule has 1 aliphatic carbocycles. The predicted octanol–water partition coefficient (Wildman–Crippen LogP) is 4.37. The predicted molar refractivity (Wildman–Crippen MR) is 112 cm³/mol. The van der Waals surface area contributed by atoms with Crippen LogP contribution in [0, 0.1) is 6.92 Å². The van der Waals surface area contributed by atoms with Gasteiger partial charge in [-0.15, -0.1) is 11.3 Å². The molecule has 0 unspecified atom stereocenters. The summed E-state index contributed by atoms with van der Waals surface area (Å²) in [7, 11) is 1.80. The van der Waals surface area contributed by atoms with Gasteiger partial charge < -0.3 is 14.4 Å². The van der Waals surface area contributed by atoms with Gasteiger partial charge in [0, 0.05) is 18.5 Å². The molecule has 0 spiro atoms. The Balaban J connectivity index is 1.51. The number of aryl methyl sites for hydroxylation is 1. The summed E-state index contributed by atoms with van der Waals surface area (Å²) in [6.07, 6.45) is 4.70. The lowest BCUT2D eigenvalue weighted by atomic mass is 9.94. The second-order valence-corrected chi connectivity index (χ2v) is 8.46. The molecule has 1 aromatic carbocycles. The maximum Gasteiger partial charge on any atom is 0.358 e. The summed E-state index contributed by atoms with van der Waals surface area (Å²) in [5, 5.41) is 2.31. The Bertz CT molecular complexity index is 828. The second kappa shape index (κ2) is 9.87. The third-order valence-electron chi connectivity index (χ3n) is 5.25. The van der Waals surface area contributed by atoms with Crippen molar-refractivity contribution < 1.29 is 19.1 Å². The summed E-state index contributed by atoms with van der Waals surface area (Å²) < 4.78 is 11.1. The van der Waals surface area contributed by atoms with Crippen LogP contribution in [0.4, 0.5) is 0 Å². The fraction of sp³-hybridized carbons (Fsp3) is 0.500. The number of rotatable bonds is 7. The Morgan fingerprint density at radius 3 is 2.59 bits per heavy atom. The van der Waals surface area contributed by atoms with E-state index in [0.717, 1.165) is 37.0 Å². The van der Waals surface area contributed by atoms with Crippen molar-refractivity contribution in [1.29, 1.82) is 0 Å². The van der Waals surface area contributed by atoms with Crippen LogP contribution >= 0.6 is 11.3 Å². The fourth-order valence-corrected chi connectivity index (χ4v) is 4.13. The van der Waals surface area contributed by atoms with Gasteiger partial charge in [-0.2, -0.15) is 0 Å². The minimum Gasteiger partial charge on any atom is -0.486 e. The third-order valence-corrected chi connectivity index (χ3v) is 6.07. The highest BCUT2D eigenvalue weighted by atomic mass is 32.1. The van der Waals surface area contributed by atoms with Crippen LogP contribution in [0.15, 0.2) is 29.6 Å². The van der Waals surface area contributed by atoms with Crippen molar-refractivity contribution in [2.45, 2.75) is 64.7 Å². The number of benzene rings is 1. The van der Waals surface area contributed by atoms with Crippen molar-refractivity contribution in [3.63, 3.8) is 0 Å². The van der Waals surface area contributed by atoms with Crippen LogP contribution in [-0.4, -0.2) is 41.0 Å². The minimum absolute atomic E-state index is 0.164. The van der Waals surface area contributed by atoms with Crippen molar-refractivity contribution in [2.75, 3.05) is 7.05 Å². The summed E-state index contributed by atoms with van der Waals surface area (Å²) in [6.45, 7) is 3.91. The Morgan fingerprint density at radius 1 is 1.21 bits per heavy atom. The van der Waals surface area contributed by atoms with E-state index in [1.165, 1.54) is 17.8 Å². The van der Waals surface area contributed by atoms with E-state index in [4.69, 9.17) is 9.47 Å². The Hall–Kier alpha value is -2.41. The number of nitrogens with zero attached hydrogens (tertiary/aromatic N) is 2. The molecule has 6 nitrogen and oxygen atoms in total. The normalized spacial score (nSPS) is 15.6. The average Bonchev–Trinajstić information content (AvgIpc) is 3.22. The molecule has 1 amide bonds. The molecule has 1 atom stereocenters. The average molecular weight is 417 g/mol. The number of likely N-dealkylation sites (N-methyl/N-ethyl adjacent to an activating group) is 1. The molecule has 1 saturated carbocycles. The van der Waals surface area contributed by atoms with Gasteiger partial charge in [0.05, 0.1) is 0 Å². The number of aromatic nitrogens is 1. The monoisotopic (exact) mass is 416 g/mol. The highest BCUT2D eigenvalue weighted by Crippen LogP contribution is 2.23. The molecule has 156 valence electrons. The van der Waals surface area contributed by atoms with E-state index in [1.807, 2.05) is 31.2 Å². The largest absolute Gasteiger partial charge is 0.486 e. The number of carbonyl (C=O) groups is 2. The van der Waals surface area contributed by atoms with Gasteiger partial charge in [-0.25, -0.2) is 9.78 Å². The van der Waals surface area contributed by atoms with Crippen LogP contribution in [-0.2, 0) is 16.1 Å². The van der Waals surface area contributed by atoms with Crippen LogP contribution in [0.25, 0.3) is 0 Å². The van der Waals surface area contributed by atoms with Crippen molar-refractivity contribution in [3.8, 4) is 5.75 Å². The number of esters is 1. The van der Waals surface area contributed by atoms with E-state index in [1.54, 1.807) is 24.3 Å². The Morgan fingerprint density at radius 2 is 1.90 bits per heavy atom. The topological polar surface area (TPSA) is 68.7 Å². The minimum atomic E-state index is -0.830. The van der Waals surface area contributed by atoms with Crippen LogP contribution in [0.3, 0.4) is 0 Å². The van der Waals surface area contributed by atoms with Crippen LogP contribution in [0.5, 0.6) is 5.75 Å². The number of carbonyl (C=O) groups excluding carboxylic acids is 2. The molecule has 0 aliphatic heterocycles. The summed E-state index contributed by atoms with van der Waals surface area (Å²) >= 11 is 1.33. The molecule has 0 bridgehead atoms. The highest BCUT2D eigenvalue weighted by molar-refractivity contribution is 7.09. The SMILES string of the molecule is Cc1ccc(OCc2nc(C(=O)O[C@@H](C)C(=O)N(C)C3CCCCC3)cs2)cc1. The fourth-order valence-electron chi connectivity index (χ4n) is 3.46. The molecule has 2 aromatic rings. The maximum absolute atomic E-state index is 12.6. The standard InChI is InChI=1S/C22H28N2O4S/c1-15-9-11-18(12-10-15)27-13-20-23-19(14-29-20)22(26)28-16(2)21(25)24(3)17-7-5-4-6-8-17/h9-12,14,16-17H,4-8,13H2,1-3H3/t16-/m0/s1. The Labute approximate surface area is 175 Å². The zero-order chi connectivity index (χ0) is 20.8. The molecule has 1 fully saturated rings. The second-order valence-electron chi connectivity index (χ2n) is 7.52. The van der Waals surface area contributed by atoms with Crippen LogP contribution in [0.1, 0.15) is 60.1 Å². The molecule has 0 saturated heterocycles. The third kappa shape index (κ3) is 5.79. The first-order valence-electron chi connectivity index (χ1n) is 10.1. The molecule has 1 aliphatic rings. The maximum atomic E-state index is 12.6. The quantitative estimate of drug-likeness (QED) is 0.627. The zero-order valence-corrected chi connectivity index (χ0v) is 18.0. The van der Waals surface area contributed by atoms with E-state index in [-0.39, 0.29) is 24.2 Å². The molecular formula is C22H28N2O4S. The summed E-state index contributed by atoms with van der Waals surface area (Å²) in [4.78, 5) is 31.0. The molecule has 1 heterocycles. The van der Waals surface area contributed by atoms with Gasteiger partial charge in [0.15, 0.2) is 11.8 Å². The summed E-state index contributed by atoms with van der Waals surface area (Å²) in [5.74, 6) is 0.00373. The number of amides is 1. The van der Waals surface area contributed by atoms with Gasteiger partial charge in [-0.3, -0.25) is 4.79 Å². The van der Waals surface area contributed by atoms with Crippen LogP contribution < -0.4 is 4.74 Å². The van der Waals surface area contributed by atoms with Gasteiger partial charge in [0.25, 0.3) is 5.91 Å². The summed E-state index contributed by atoms with van der Waals surface area (Å²) in [5.41, 5.74) is 1.37. The zero-order valence-electron chi connectivity index (χ0n) is 17.2.